The number of rotatable bonds is 2. The fourth-order valence-corrected chi connectivity index (χ4v) is 3.22. The minimum absolute atomic E-state index is 0.0877. The number of hydrogen-bond acceptors (Lipinski definition) is 4. The van der Waals surface area contributed by atoms with Gasteiger partial charge >= 0.3 is 5.97 Å². The van der Waals surface area contributed by atoms with Gasteiger partial charge in [0.05, 0.1) is 5.69 Å². The van der Waals surface area contributed by atoms with Crippen molar-refractivity contribution in [1.29, 1.82) is 0 Å². The molecule has 7 heteroatoms. The zero-order valence-electron chi connectivity index (χ0n) is 11.7. The van der Waals surface area contributed by atoms with Crippen LogP contribution < -0.4 is 0 Å². The van der Waals surface area contributed by atoms with Gasteiger partial charge in [-0.25, -0.2) is 9.78 Å². The van der Waals surface area contributed by atoms with E-state index in [4.69, 9.17) is 4.42 Å². The van der Waals surface area contributed by atoms with E-state index in [0.717, 1.165) is 15.6 Å². The van der Waals surface area contributed by atoms with Gasteiger partial charge in [-0.2, -0.15) is 0 Å². The van der Waals surface area contributed by atoms with E-state index in [2.05, 4.69) is 20.9 Å². The quantitative estimate of drug-likeness (QED) is 0.884. The number of fused-ring (bicyclic) bond motifs is 1. The van der Waals surface area contributed by atoms with Crippen LogP contribution in [-0.4, -0.2) is 32.9 Å². The average Bonchev–Trinajstić information content (AvgIpc) is 2.91. The summed E-state index contributed by atoms with van der Waals surface area (Å²) in [7, 11) is 0. The third-order valence-electron chi connectivity index (χ3n) is 3.82. The number of carbonyl (C=O) groups excluding carboxylic acids is 1. The third-order valence-corrected chi connectivity index (χ3v) is 4.56. The Labute approximate surface area is 134 Å². The molecule has 2 aromatic rings. The number of amides is 1. The molecular formula is C15H13BrN2O4. The maximum absolute atomic E-state index is 12.6. The number of nitrogens with zero attached hydrogens (tertiary/aromatic N) is 2. The number of hydrogen-bond donors (Lipinski definition) is 1. The molecule has 1 atom stereocenters. The third kappa shape index (κ3) is 2.41. The maximum atomic E-state index is 12.6. The van der Waals surface area contributed by atoms with Gasteiger partial charge in [-0.05, 0) is 24.1 Å². The Morgan fingerprint density at radius 2 is 2.23 bits per heavy atom. The number of carboxylic acids is 1. The first-order chi connectivity index (χ1) is 10.5. The van der Waals surface area contributed by atoms with Crippen LogP contribution >= 0.6 is 15.9 Å². The van der Waals surface area contributed by atoms with Crippen molar-refractivity contribution in [3.05, 3.63) is 51.6 Å². The van der Waals surface area contributed by atoms with Gasteiger partial charge in [0.1, 0.15) is 6.04 Å². The van der Waals surface area contributed by atoms with Crippen LogP contribution in [-0.2, 0) is 17.8 Å². The van der Waals surface area contributed by atoms with E-state index in [0.29, 0.717) is 5.69 Å². The van der Waals surface area contributed by atoms with E-state index in [1.54, 1.807) is 6.92 Å². The van der Waals surface area contributed by atoms with Gasteiger partial charge in [0.15, 0.2) is 6.39 Å². The summed E-state index contributed by atoms with van der Waals surface area (Å²) in [6, 6.07) is 4.71. The van der Waals surface area contributed by atoms with Crippen molar-refractivity contribution < 1.29 is 19.1 Å². The normalized spacial score (nSPS) is 17.2. The highest BCUT2D eigenvalue weighted by atomic mass is 79.9. The minimum Gasteiger partial charge on any atom is -0.480 e. The Balaban J connectivity index is 2.01. The van der Waals surface area contributed by atoms with Crippen LogP contribution in [0.3, 0.4) is 0 Å². The van der Waals surface area contributed by atoms with Crippen molar-refractivity contribution >= 4 is 27.8 Å². The molecule has 0 spiro atoms. The number of halogens is 1. The van der Waals surface area contributed by atoms with E-state index in [9.17, 15) is 14.7 Å². The van der Waals surface area contributed by atoms with Crippen LogP contribution in [0.4, 0.5) is 0 Å². The van der Waals surface area contributed by atoms with Gasteiger partial charge in [-0.3, -0.25) is 4.79 Å². The topological polar surface area (TPSA) is 83.6 Å². The lowest BCUT2D eigenvalue weighted by Crippen LogP contribution is -2.48. The van der Waals surface area contributed by atoms with Gasteiger partial charge in [-0.1, -0.05) is 28.1 Å². The Kier molecular flexibility index (Phi) is 3.74. The highest BCUT2D eigenvalue weighted by Crippen LogP contribution is 2.30. The molecule has 0 aliphatic carbocycles. The summed E-state index contributed by atoms with van der Waals surface area (Å²) in [4.78, 5) is 29.4. The van der Waals surface area contributed by atoms with Crippen molar-refractivity contribution in [2.45, 2.75) is 25.9 Å². The van der Waals surface area contributed by atoms with Gasteiger partial charge in [-0.15, -0.1) is 0 Å². The Morgan fingerprint density at radius 3 is 2.86 bits per heavy atom. The van der Waals surface area contributed by atoms with Crippen LogP contribution in [0.15, 0.2) is 33.5 Å². The van der Waals surface area contributed by atoms with E-state index >= 15 is 0 Å². The first-order valence-corrected chi connectivity index (χ1v) is 7.48. The lowest BCUT2D eigenvalue weighted by atomic mass is 9.93. The highest BCUT2D eigenvalue weighted by Gasteiger charge is 2.37. The second kappa shape index (κ2) is 5.57. The summed E-state index contributed by atoms with van der Waals surface area (Å²) < 4.78 is 5.97. The summed E-state index contributed by atoms with van der Waals surface area (Å²) in [6.07, 6.45) is 1.44. The predicted molar refractivity (Wildman–Crippen MR) is 80.4 cm³/mol. The lowest BCUT2D eigenvalue weighted by molar-refractivity contribution is -0.142. The molecule has 0 fully saturated rings. The second-order valence-corrected chi connectivity index (χ2v) is 5.99. The molecule has 0 saturated carbocycles. The predicted octanol–water partition coefficient (Wildman–Crippen LogP) is 2.40. The molecule has 1 amide bonds. The summed E-state index contributed by atoms with van der Waals surface area (Å²) in [5, 5.41) is 9.49. The molecule has 1 N–H and O–H groups in total. The molecule has 22 heavy (non-hydrogen) atoms. The SMILES string of the molecule is Cc1ncoc1C(=O)N1Cc2cccc(Br)c2CC1C(=O)O. The average molecular weight is 365 g/mol. The van der Waals surface area contributed by atoms with Crippen LogP contribution in [0.2, 0.25) is 0 Å². The molecule has 1 aliphatic heterocycles. The number of benzene rings is 1. The molecule has 1 aromatic heterocycles. The molecule has 3 rings (SSSR count). The molecular weight excluding hydrogens is 352 g/mol. The summed E-state index contributed by atoms with van der Waals surface area (Å²) in [6.45, 7) is 1.88. The van der Waals surface area contributed by atoms with Gasteiger partial charge in [0, 0.05) is 17.4 Å². The molecule has 0 saturated heterocycles. The Bertz CT molecular complexity index is 756. The number of carbonyl (C=O) groups is 2. The maximum Gasteiger partial charge on any atom is 0.326 e. The van der Waals surface area contributed by atoms with Crippen LogP contribution in [0, 0.1) is 6.92 Å². The molecule has 0 radical (unpaired) electrons. The van der Waals surface area contributed by atoms with Crippen molar-refractivity contribution in [3.63, 3.8) is 0 Å². The smallest absolute Gasteiger partial charge is 0.326 e. The molecule has 0 bridgehead atoms. The molecule has 114 valence electrons. The van der Waals surface area contributed by atoms with Crippen LogP contribution in [0.25, 0.3) is 0 Å². The van der Waals surface area contributed by atoms with E-state index in [1.165, 1.54) is 11.3 Å². The molecule has 1 unspecified atom stereocenters. The largest absolute Gasteiger partial charge is 0.480 e. The van der Waals surface area contributed by atoms with Crippen molar-refractivity contribution in [2.24, 2.45) is 0 Å². The second-order valence-electron chi connectivity index (χ2n) is 5.14. The van der Waals surface area contributed by atoms with E-state index in [-0.39, 0.29) is 18.7 Å². The van der Waals surface area contributed by atoms with E-state index in [1.807, 2.05) is 18.2 Å². The first-order valence-electron chi connectivity index (χ1n) is 6.69. The molecule has 1 aliphatic rings. The summed E-state index contributed by atoms with van der Waals surface area (Å²) in [5.74, 6) is -1.40. The number of aryl methyl sites for hydroxylation is 1. The van der Waals surface area contributed by atoms with E-state index < -0.39 is 17.9 Å². The van der Waals surface area contributed by atoms with Crippen LogP contribution in [0.1, 0.15) is 27.4 Å². The summed E-state index contributed by atoms with van der Waals surface area (Å²) in [5.41, 5.74) is 2.31. The lowest BCUT2D eigenvalue weighted by Gasteiger charge is -2.34. The van der Waals surface area contributed by atoms with Gasteiger partial charge < -0.3 is 14.4 Å². The van der Waals surface area contributed by atoms with Gasteiger partial charge in [0.2, 0.25) is 5.76 Å². The molecule has 6 nitrogen and oxygen atoms in total. The monoisotopic (exact) mass is 364 g/mol. The van der Waals surface area contributed by atoms with Gasteiger partial charge in [0.25, 0.3) is 5.91 Å². The number of carboxylic acid groups (broad SMARTS) is 1. The minimum atomic E-state index is -1.04. The van der Waals surface area contributed by atoms with Crippen molar-refractivity contribution in [1.82, 2.24) is 9.88 Å². The van der Waals surface area contributed by atoms with Crippen molar-refractivity contribution in [3.8, 4) is 0 Å². The standard InChI is InChI=1S/C15H13BrN2O4/c1-8-13(22-7-17-8)14(19)18-6-9-3-2-4-11(16)10(9)5-12(18)15(20)21/h2-4,7,12H,5-6H2,1H3,(H,20,21). The molecule has 1 aromatic carbocycles. The zero-order valence-corrected chi connectivity index (χ0v) is 13.3. The van der Waals surface area contributed by atoms with Crippen molar-refractivity contribution in [2.75, 3.05) is 0 Å². The number of oxazole rings is 1. The number of aromatic nitrogens is 1. The Morgan fingerprint density at radius 1 is 1.45 bits per heavy atom. The first kappa shape index (κ1) is 14.8. The molecule has 2 heterocycles. The Hall–Kier alpha value is -2.15. The highest BCUT2D eigenvalue weighted by molar-refractivity contribution is 9.10. The fraction of sp³-hybridized carbons (Fsp3) is 0.267. The number of aliphatic carboxylic acids is 1. The fourth-order valence-electron chi connectivity index (χ4n) is 2.65. The van der Waals surface area contributed by atoms with Crippen LogP contribution in [0.5, 0.6) is 0 Å². The zero-order chi connectivity index (χ0) is 15.9. The summed E-state index contributed by atoms with van der Waals surface area (Å²) >= 11 is 3.44.